The van der Waals surface area contributed by atoms with E-state index in [0.29, 0.717) is 35.8 Å². The second-order valence-corrected chi connectivity index (χ2v) is 6.99. The Bertz CT molecular complexity index is 972. The number of aromatic nitrogens is 1. The lowest BCUT2D eigenvalue weighted by Gasteiger charge is -2.16. The topological polar surface area (TPSA) is 97.9 Å². The van der Waals surface area contributed by atoms with Crippen molar-refractivity contribution >= 4 is 17.7 Å². The van der Waals surface area contributed by atoms with Gasteiger partial charge >= 0.3 is 5.97 Å². The number of carbonyl (C=O) groups is 3. The number of carbonyl (C=O) groups excluding carboxylic acids is 3. The first-order valence-electron chi connectivity index (χ1n) is 9.88. The summed E-state index contributed by atoms with van der Waals surface area (Å²) in [6.45, 7) is 4.64. The zero-order valence-corrected chi connectivity index (χ0v) is 17.7. The van der Waals surface area contributed by atoms with Crippen molar-refractivity contribution in [3.05, 3.63) is 35.2 Å². The number of amides is 1. The average molecular weight is 414 g/mol. The number of aryl methyl sites for hydroxylation is 1. The molecule has 2 aromatic rings. The summed E-state index contributed by atoms with van der Waals surface area (Å²) in [5, 5.41) is 0. The summed E-state index contributed by atoms with van der Waals surface area (Å²) in [5.74, 6) is -0.923. The van der Waals surface area contributed by atoms with E-state index >= 15 is 0 Å². The molecule has 2 heterocycles. The van der Waals surface area contributed by atoms with Gasteiger partial charge in [0.2, 0.25) is 0 Å². The zero-order chi connectivity index (χ0) is 21.8. The number of benzene rings is 1. The van der Waals surface area contributed by atoms with Crippen LogP contribution in [0.3, 0.4) is 0 Å². The number of H-pyrrole nitrogens is 1. The molecule has 8 heteroatoms. The summed E-state index contributed by atoms with van der Waals surface area (Å²) < 4.78 is 16.0. The van der Waals surface area contributed by atoms with Crippen molar-refractivity contribution in [1.82, 2.24) is 9.88 Å². The van der Waals surface area contributed by atoms with E-state index in [1.165, 1.54) is 19.1 Å². The minimum Gasteiger partial charge on any atom is -0.497 e. The van der Waals surface area contributed by atoms with Gasteiger partial charge in [-0.25, -0.2) is 4.79 Å². The molecule has 30 heavy (non-hydrogen) atoms. The van der Waals surface area contributed by atoms with Crippen molar-refractivity contribution in [3.63, 3.8) is 0 Å². The number of hydrogen-bond acceptors (Lipinski definition) is 6. The number of likely N-dealkylation sites (tertiary alicyclic amines) is 1. The summed E-state index contributed by atoms with van der Waals surface area (Å²) >= 11 is 0. The predicted octanol–water partition coefficient (Wildman–Crippen LogP) is 2.99. The summed E-state index contributed by atoms with van der Waals surface area (Å²) in [6, 6.07) is 5.06. The normalized spacial score (nSPS) is 13.3. The molecular weight excluding hydrogens is 388 g/mol. The van der Waals surface area contributed by atoms with Crippen LogP contribution in [0.4, 0.5) is 0 Å². The molecule has 1 N–H and O–H groups in total. The monoisotopic (exact) mass is 414 g/mol. The third-order valence-corrected chi connectivity index (χ3v) is 5.16. The first kappa shape index (κ1) is 21.4. The van der Waals surface area contributed by atoms with Crippen molar-refractivity contribution in [1.29, 1.82) is 0 Å². The molecule has 0 atom stereocenters. The lowest BCUT2D eigenvalue weighted by Crippen LogP contribution is -2.34. The Morgan fingerprint density at radius 3 is 2.40 bits per heavy atom. The molecule has 1 saturated heterocycles. The van der Waals surface area contributed by atoms with Gasteiger partial charge in [0, 0.05) is 29.9 Å². The van der Waals surface area contributed by atoms with Gasteiger partial charge in [-0.15, -0.1) is 0 Å². The number of nitrogens with zero attached hydrogens (tertiary/aromatic N) is 1. The van der Waals surface area contributed by atoms with Crippen molar-refractivity contribution in [3.8, 4) is 22.6 Å². The van der Waals surface area contributed by atoms with Crippen molar-refractivity contribution in [2.45, 2.75) is 26.7 Å². The zero-order valence-electron chi connectivity index (χ0n) is 17.7. The fraction of sp³-hybridized carbons (Fsp3) is 0.409. The largest absolute Gasteiger partial charge is 0.497 e. The Labute approximate surface area is 175 Å². The summed E-state index contributed by atoms with van der Waals surface area (Å²) in [4.78, 5) is 43.2. The molecule has 1 aromatic heterocycles. The van der Waals surface area contributed by atoms with E-state index in [0.717, 1.165) is 12.8 Å². The van der Waals surface area contributed by atoms with Crippen LogP contribution in [0.5, 0.6) is 11.5 Å². The van der Waals surface area contributed by atoms with Crippen LogP contribution < -0.4 is 9.47 Å². The molecule has 0 bridgehead atoms. The van der Waals surface area contributed by atoms with Crippen molar-refractivity contribution in [2.24, 2.45) is 0 Å². The molecule has 8 nitrogen and oxygen atoms in total. The number of esters is 1. The van der Waals surface area contributed by atoms with Crippen LogP contribution in [0, 0.1) is 6.92 Å². The quantitative estimate of drug-likeness (QED) is 0.425. The molecule has 1 aliphatic heterocycles. The van der Waals surface area contributed by atoms with Gasteiger partial charge in [-0.2, -0.15) is 0 Å². The molecule has 1 fully saturated rings. The number of ketones is 1. The van der Waals surface area contributed by atoms with Gasteiger partial charge in [0.05, 0.1) is 26.4 Å². The highest BCUT2D eigenvalue weighted by molar-refractivity contribution is 6.43. The van der Waals surface area contributed by atoms with Crippen molar-refractivity contribution in [2.75, 3.05) is 33.9 Å². The van der Waals surface area contributed by atoms with E-state index in [1.807, 2.05) is 0 Å². The number of nitrogens with one attached hydrogen (secondary N) is 1. The van der Waals surface area contributed by atoms with Gasteiger partial charge < -0.3 is 24.1 Å². The van der Waals surface area contributed by atoms with Crippen LogP contribution in [0.15, 0.2) is 18.2 Å². The Morgan fingerprint density at radius 1 is 1.10 bits per heavy atom. The highest BCUT2D eigenvalue weighted by atomic mass is 16.5. The van der Waals surface area contributed by atoms with Crippen LogP contribution in [0.1, 0.15) is 46.3 Å². The molecule has 1 aromatic carbocycles. The SMILES string of the molecule is CCOC(=O)c1c(C)[nH]c(C(=O)C(=O)N2CCCC2)c1-c1cc(OC)ccc1OC. The second kappa shape index (κ2) is 9.02. The van der Waals surface area contributed by atoms with Crippen LogP contribution >= 0.6 is 0 Å². The minimum absolute atomic E-state index is 0.0407. The first-order valence-corrected chi connectivity index (χ1v) is 9.88. The minimum atomic E-state index is -0.699. The predicted molar refractivity (Wildman–Crippen MR) is 110 cm³/mol. The number of aromatic amines is 1. The Morgan fingerprint density at radius 2 is 1.80 bits per heavy atom. The highest BCUT2D eigenvalue weighted by Crippen LogP contribution is 2.39. The Hall–Kier alpha value is -3.29. The van der Waals surface area contributed by atoms with Crippen LogP contribution in [0.2, 0.25) is 0 Å². The molecule has 1 aliphatic rings. The lowest BCUT2D eigenvalue weighted by molar-refractivity contribution is -0.125. The molecule has 3 rings (SSSR count). The Balaban J connectivity index is 2.22. The van der Waals surface area contributed by atoms with Crippen LogP contribution in [-0.2, 0) is 9.53 Å². The molecule has 0 unspecified atom stereocenters. The second-order valence-electron chi connectivity index (χ2n) is 6.99. The number of rotatable bonds is 7. The molecular formula is C22H26N2O6. The molecule has 0 saturated carbocycles. The molecule has 1 amide bonds. The maximum absolute atomic E-state index is 13.2. The van der Waals surface area contributed by atoms with E-state index in [4.69, 9.17) is 14.2 Å². The van der Waals surface area contributed by atoms with Gasteiger partial charge in [0.15, 0.2) is 0 Å². The van der Waals surface area contributed by atoms with E-state index < -0.39 is 17.7 Å². The fourth-order valence-electron chi connectivity index (χ4n) is 3.70. The van der Waals surface area contributed by atoms with E-state index in [9.17, 15) is 14.4 Å². The summed E-state index contributed by atoms with van der Waals surface area (Å²) in [7, 11) is 3.01. The van der Waals surface area contributed by atoms with Gasteiger partial charge in [0.1, 0.15) is 17.2 Å². The van der Waals surface area contributed by atoms with E-state index in [-0.39, 0.29) is 23.4 Å². The number of hydrogen-bond donors (Lipinski definition) is 1. The average Bonchev–Trinajstić information content (AvgIpc) is 3.40. The summed E-state index contributed by atoms with van der Waals surface area (Å²) in [6.07, 6.45) is 1.74. The molecule has 0 aliphatic carbocycles. The fourth-order valence-corrected chi connectivity index (χ4v) is 3.70. The van der Waals surface area contributed by atoms with Gasteiger partial charge in [-0.05, 0) is 44.9 Å². The third kappa shape index (κ3) is 3.90. The van der Waals surface area contributed by atoms with E-state index in [2.05, 4.69) is 4.98 Å². The first-order chi connectivity index (χ1) is 14.4. The van der Waals surface area contributed by atoms with Gasteiger partial charge in [0.25, 0.3) is 11.7 Å². The van der Waals surface area contributed by atoms with E-state index in [1.54, 1.807) is 32.0 Å². The summed E-state index contributed by atoms with van der Waals surface area (Å²) in [5.41, 5.74) is 1.41. The molecule has 0 radical (unpaired) electrons. The maximum Gasteiger partial charge on any atom is 0.340 e. The number of methoxy groups -OCH3 is 2. The Kier molecular flexibility index (Phi) is 6.44. The third-order valence-electron chi connectivity index (χ3n) is 5.16. The van der Waals surface area contributed by atoms with Crippen LogP contribution in [0.25, 0.3) is 11.1 Å². The lowest BCUT2D eigenvalue weighted by atomic mass is 9.97. The molecule has 0 spiro atoms. The van der Waals surface area contributed by atoms with Crippen LogP contribution in [-0.4, -0.2) is 61.5 Å². The van der Waals surface area contributed by atoms with Gasteiger partial charge in [-0.3, -0.25) is 9.59 Å². The smallest absolute Gasteiger partial charge is 0.340 e. The van der Waals surface area contributed by atoms with Crippen molar-refractivity contribution < 1.29 is 28.6 Å². The number of Topliss-reactive ketones (excluding diaryl/α,β-unsaturated/α-hetero) is 1. The maximum atomic E-state index is 13.2. The highest BCUT2D eigenvalue weighted by Gasteiger charge is 2.34. The standard InChI is InChI=1S/C22H26N2O6/c1-5-30-22(27)17-13(2)23-19(20(25)21(26)24-10-6-7-11-24)18(17)15-12-14(28-3)8-9-16(15)29-4/h8-9,12,23H,5-7,10-11H2,1-4H3. The molecule has 160 valence electrons. The number of ether oxygens (including phenoxy) is 3. The van der Waals surface area contributed by atoms with Gasteiger partial charge in [-0.1, -0.05) is 0 Å².